The molecule has 0 N–H and O–H groups in total. The number of benzene rings is 4. The van der Waals surface area contributed by atoms with E-state index in [1.807, 2.05) is 47.4 Å². The van der Waals surface area contributed by atoms with Crippen LogP contribution in [0, 0.1) is 5.41 Å². The lowest BCUT2D eigenvalue weighted by molar-refractivity contribution is 0.0665. The molecule has 43 heavy (non-hydrogen) atoms. The van der Waals surface area contributed by atoms with Crippen LogP contribution in [0.1, 0.15) is 48.1 Å². The Morgan fingerprint density at radius 3 is 2.05 bits per heavy atom. The highest BCUT2D eigenvalue weighted by Gasteiger charge is 2.71. The van der Waals surface area contributed by atoms with Gasteiger partial charge in [-0.05, 0) is 53.6 Å². The van der Waals surface area contributed by atoms with Crippen molar-refractivity contribution < 1.29 is 28.6 Å². The van der Waals surface area contributed by atoms with Crippen LogP contribution < -0.4 is 19.1 Å². The van der Waals surface area contributed by atoms with E-state index in [-0.39, 0.29) is 17.3 Å². The summed E-state index contributed by atoms with van der Waals surface area (Å²) >= 11 is 0. The minimum atomic E-state index is -1.60. The minimum absolute atomic E-state index is 0.203. The summed E-state index contributed by atoms with van der Waals surface area (Å²) in [7, 11) is 4.66. The Bertz CT molecular complexity index is 1790. The lowest BCUT2D eigenvalue weighted by Crippen LogP contribution is -2.48. The van der Waals surface area contributed by atoms with Crippen LogP contribution in [0.3, 0.4) is 0 Å². The largest absolute Gasteiger partial charge is 0.497 e. The first-order valence-electron chi connectivity index (χ1n) is 14.1. The van der Waals surface area contributed by atoms with Gasteiger partial charge in [-0.1, -0.05) is 60.7 Å². The Morgan fingerprint density at radius 1 is 0.744 bits per heavy atom. The maximum absolute atomic E-state index is 14.8. The first-order valence-corrected chi connectivity index (χ1v) is 14.1. The predicted octanol–water partition coefficient (Wildman–Crippen LogP) is 6.03. The first-order chi connectivity index (χ1) is 20.9. The third-order valence-corrected chi connectivity index (χ3v) is 9.12. The monoisotopic (exact) mass is 571 g/mol. The molecule has 7 nitrogen and oxygen atoms in total. The molecule has 2 aliphatic heterocycles. The van der Waals surface area contributed by atoms with E-state index in [1.54, 1.807) is 74.9 Å². The second kappa shape index (κ2) is 9.98. The highest BCUT2D eigenvalue weighted by Crippen LogP contribution is 2.61. The number of Topliss-reactive ketones (excluding diaryl/α,β-unsaturated/α-hetero) is 3. The smallest absolute Gasteiger partial charge is 0.185 e. The summed E-state index contributed by atoms with van der Waals surface area (Å²) in [5.74, 6) is -0.0414. The van der Waals surface area contributed by atoms with Crippen LogP contribution in [-0.2, 0) is 0 Å². The van der Waals surface area contributed by atoms with Gasteiger partial charge in [0.15, 0.2) is 28.8 Å². The zero-order valence-electron chi connectivity index (χ0n) is 23.9. The topological polar surface area (TPSA) is 82.1 Å². The standard InChI is InChI=1S/C36H29NO6/c1-41-24-16-12-22(13-17-24)33(38)32-31(23-14-18-28(42-2)29(20-23)43-3)36(34(39)25-9-5-6-10-26(25)35(36)40)30-19-15-21-8-4-7-11-27(21)37(30)32/h4-20,30-32H,1-3H3/t30-,31+,32-/m0/s1. The molecule has 1 saturated heterocycles. The van der Waals surface area contributed by atoms with Crippen molar-refractivity contribution in [3.63, 3.8) is 0 Å². The van der Waals surface area contributed by atoms with Crippen LogP contribution in [0.15, 0.2) is 97.1 Å². The Balaban J connectivity index is 1.54. The maximum Gasteiger partial charge on any atom is 0.185 e. The molecular weight excluding hydrogens is 542 g/mol. The number of ketones is 3. The summed E-state index contributed by atoms with van der Waals surface area (Å²) in [5, 5.41) is 0. The van der Waals surface area contributed by atoms with E-state index in [9.17, 15) is 14.4 Å². The van der Waals surface area contributed by atoms with Gasteiger partial charge in [-0.3, -0.25) is 14.4 Å². The third-order valence-electron chi connectivity index (χ3n) is 9.12. The number of carbonyl (C=O) groups is 3. The molecule has 7 rings (SSSR count). The molecule has 1 aliphatic carbocycles. The molecule has 1 spiro atoms. The number of carbonyl (C=O) groups excluding carboxylic acids is 3. The van der Waals surface area contributed by atoms with Gasteiger partial charge in [0, 0.05) is 28.3 Å². The number of nitrogens with zero attached hydrogens (tertiary/aromatic N) is 1. The maximum atomic E-state index is 14.8. The molecule has 7 heteroatoms. The molecule has 4 aromatic rings. The average Bonchev–Trinajstić information content (AvgIpc) is 3.50. The quantitative estimate of drug-likeness (QED) is 0.207. The van der Waals surface area contributed by atoms with Gasteiger partial charge >= 0.3 is 0 Å². The lowest BCUT2D eigenvalue weighted by atomic mass is 9.64. The average molecular weight is 572 g/mol. The first kappa shape index (κ1) is 26.7. The summed E-state index contributed by atoms with van der Waals surface area (Å²) in [6.45, 7) is 0. The van der Waals surface area contributed by atoms with Gasteiger partial charge in [-0.25, -0.2) is 0 Å². The van der Waals surface area contributed by atoms with E-state index in [0.29, 0.717) is 39.5 Å². The molecule has 1 fully saturated rings. The van der Waals surface area contributed by atoms with Crippen molar-refractivity contribution in [2.45, 2.75) is 18.0 Å². The van der Waals surface area contributed by atoms with Crippen LogP contribution >= 0.6 is 0 Å². The van der Waals surface area contributed by atoms with Gasteiger partial charge in [0.2, 0.25) is 0 Å². The molecule has 3 aliphatic rings. The van der Waals surface area contributed by atoms with Gasteiger partial charge in [0.1, 0.15) is 17.2 Å². The minimum Gasteiger partial charge on any atom is -0.497 e. The number of fused-ring (bicyclic) bond motifs is 5. The SMILES string of the molecule is COc1ccc(C(=O)[C@@H]2[C@@H](c3ccc(OC)c(OC)c3)C3(C(=O)c4ccccc4C3=O)[C@@H]3C=Cc4ccccc4N23)cc1. The van der Waals surface area contributed by atoms with Crippen molar-refractivity contribution >= 4 is 29.1 Å². The Labute approximate surface area is 249 Å². The lowest BCUT2D eigenvalue weighted by Gasteiger charge is -2.37. The fraction of sp³-hybridized carbons (Fsp3) is 0.194. The van der Waals surface area contributed by atoms with Gasteiger partial charge < -0.3 is 19.1 Å². The van der Waals surface area contributed by atoms with Crippen molar-refractivity contribution in [1.29, 1.82) is 0 Å². The zero-order valence-corrected chi connectivity index (χ0v) is 23.9. The highest BCUT2D eigenvalue weighted by molar-refractivity contribution is 6.32. The molecule has 0 unspecified atom stereocenters. The number of hydrogen-bond donors (Lipinski definition) is 0. The summed E-state index contributed by atoms with van der Waals surface area (Å²) in [4.78, 5) is 46.4. The number of rotatable bonds is 6. The number of methoxy groups -OCH3 is 3. The highest BCUT2D eigenvalue weighted by atomic mass is 16.5. The number of hydrogen-bond acceptors (Lipinski definition) is 7. The van der Waals surface area contributed by atoms with Crippen molar-refractivity contribution in [1.82, 2.24) is 0 Å². The fourth-order valence-corrected chi connectivity index (χ4v) is 7.26. The van der Waals surface area contributed by atoms with Crippen molar-refractivity contribution in [3.8, 4) is 17.2 Å². The number of para-hydroxylation sites is 1. The van der Waals surface area contributed by atoms with Crippen LogP contribution in [0.25, 0.3) is 6.08 Å². The molecule has 0 aromatic heterocycles. The van der Waals surface area contributed by atoms with E-state index in [1.165, 1.54) is 7.11 Å². The Morgan fingerprint density at radius 2 is 1.40 bits per heavy atom. The predicted molar refractivity (Wildman–Crippen MR) is 163 cm³/mol. The summed E-state index contributed by atoms with van der Waals surface area (Å²) in [6.07, 6.45) is 3.87. The van der Waals surface area contributed by atoms with E-state index in [2.05, 4.69) is 0 Å². The van der Waals surface area contributed by atoms with Gasteiger partial charge in [-0.15, -0.1) is 0 Å². The van der Waals surface area contributed by atoms with Crippen molar-refractivity contribution in [2.24, 2.45) is 5.41 Å². The summed E-state index contributed by atoms with van der Waals surface area (Å²) in [6, 6.07) is 25.4. The Kier molecular flexibility index (Phi) is 6.20. The van der Waals surface area contributed by atoms with E-state index < -0.39 is 23.4 Å². The third kappa shape index (κ3) is 3.64. The van der Waals surface area contributed by atoms with Crippen molar-refractivity contribution in [2.75, 3.05) is 26.2 Å². The molecular formula is C36H29NO6. The summed E-state index contributed by atoms with van der Waals surface area (Å²) in [5.41, 5.74) is 1.95. The number of anilines is 1. The molecule has 2 heterocycles. The molecule has 0 radical (unpaired) electrons. The Hall–Kier alpha value is -5.17. The van der Waals surface area contributed by atoms with Crippen LogP contribution in [0.5, 0.6) is 17.2 Å². The molecule has 214 valence electrons. The van der Waals surface area contributed by atoms with E-state index >= 15 is 0 Å². The second-order valence-electron chi connectivity index (χ2n) is 11.0. The van der Waals surface area contributed by atoms with E-state index in [4.69, 9.17) is 14.2 Å². The zero-order chi connectivity index (χ0) is 29.9. The van der Waals surface area contributed by atoms with Gasteiger partial charge in [0.25, 0.3) is 0 Å². The molecule has 4 aromatic carbocycles. The normalized spacial score (nSPS) is 20.9. The van der Waals surface area contributed by atoms with Crippen LogP contribution in [0.2, 0.25) is 0 Å². The number of ether oxygens (including phenoxy) is 3. The molecule has 0 amide bonds. The van der Waals surface area contributed by atoms with Crippen molar-refractivity contribution in [3.05, 3.63) is 125 Å². The van der Waals surface area contributed by atoms with Crippen LogP contribution in [0.4, 0.5) is 5.69 Å². The molecule has 0 saturated carbocycles. The van der Waals surface area contributed by atoms with Gasteiger partial charge in [0.05, 0.1) is 27.4 Å². The summed E-state index contributed by atoms with van der Waals surface area (Å²) < 4.78 is 16.5. The van der Waals surface area contributed by atoms with Gasteiger partial charge in [-0.2, -0.15) is 0 Å². The fourth-order valence-electron chi connectivity index (χ4n) is 7.26. The molecule has 3 atom stereocenters. The van der Waals surface area contributed by atoms with E-state index in [0.717, 1.165) is 11.3 Å². The molecule has 0 bridgehead atoms. The second-order valence-corrected chi connectivity index (χ2v) is 11.0. The van der Waals surface area contributed by atoms with Crippen LogP contribution in [-0.4, -0.2) is 50.8 Å².